The minimum Gasteiger partial charge on any atom is -0.496 e. The monoisotopic (exact) mass is 289 g/mol. The lowest BCUT2D eigenvalue weighted by Gasteiger charge is -2.05. The second kappa shape index (κ2) is 5.25. The van der Waals surface area contributed by atoms with Crippen molar-refractivity contribution in [3.05, 3.63) is 45.4 Å². The molecule has 4 nitrogen and oxygen atoms in total. The number of carboxylic acid groups (broad SMARTS) is 1. The Morgan fingerprint density at radius 3 is 2.85 bits per heavy atom. The molecule has 104 valence electrons. The number of thiazole rings is 1. The molecule has 1 aromatic carbocycles. The second-order valence-electron chi connectivity index (χ2n) is 4.89. The SMILES string of the molecule is COc1ccccc1Cc1nc(C2CC2)c(C(=O)O)s1. The number of aromatic nitrogens is 1. The van der Waals surface area contributed by atoms with E-state index in [1.807, 2.05) is 24.3 Å². The van der Waals surface area contributed by atoms with E-state index in [2.05, 4.69) is 4.98 Å². The Kier molecular flexibility index (Phi) is 3.44. The third kappa shape index (κ3) is 2.54. The van der Waals surface area contributed by atoms with Crippen molar-refractivity contribution < 1.29 is 14.6 Å². The lowest BCUT2D eigenvalue weighted by Crippen LogP contribution is -1.97. The predicted molar refractivity (Wildman–Crippen MR) is 76.8 cm³/mol. The van der Waals surface area contributed by atoms with E-state index in [1.165, 1.54) is 11.3 Å². The second-order valence-corrected chi connectivity index (χ2v) is 5.97. The van der Waals surface area contributed by atoms with Gasteiger partial charge in [0.15, 0.2) is 0 Å². The zero-order valence-electron chi connectivity index (χ0n) is 11.1. The van der Waals surface area contributed by atoms with Gasteiger partial charge in [-0.15, -0.1) is 11.3 Å². The Labute approximate surface area is 121 Å². The van der Waals surface area contributed by atoms with Crippen LogP contribution in [0, 0.1) is 0 Å². The van der Waals surface area contributed by atoms with Gasteiger partial charge < -0.3 is 9.84 Å². The minimum absolute atomic E-state index is 0.351. The number of nitrogens with zero attached hydrogens (tertiary/aromatic N) is 1. The summed E-state index contributed by atoms with van der Waals surface area (Å²) >= 11 is 1.28. The molecule has 5 heteroatoms. The molecule has 0 atom stereocenters. The highest BCUT2D eigenvalue weighted by atomic mass is 32.1. The lowest BCUT2D eigenvalue weighted by atomic mass is 10.1. The molecular weight excluding hydrogens is 274 g/mol. The maximum absolute atomic E-state index is 11.3. The highest BCUT2D eigenvalue weighted by Gasteiger charge is 2.32. The van der Waals surface area contributed by atoms with Crippen molar-refractivity contribution in [2.24, 2.45) is 0 Å². The first-order valence-electron chi connectivity index (χ1n) is 6.54. The highest BCUT2D eigenvalue weighted by molar-refractivity contribution is 7.13. The van der Waals surface area contributed by atoms with Gasteiger partial charge in [-0.05, 0) is 18.9 Å². The molecule has 0 bridgehead atoms. The van der Waals surface area contributed by atoms with Crippen LogP contribution in [0.4, 0.5) is 0 Å². The molecule has 1 aliphatic rings. The van der Waals surface area contributed by atoms with E-state index in [9.17, 15) is 9.90 Å². The standard InChI is InChI=1S/C15H15NO3S/c1-19-11-5-3-2-4-10(11)8-12-16-13(9-6-7-9)14(20-12)15(17)18/h2-5,9H,6-8H2,1H3,(H,17,18). The van der Waals surface area contributed by atoms with E-state index in [0.29, 0.717) is 17.2 Å². The number of carboxylic acids is 1. The Morgan fingerprint density at radius 1 is 1.45 bits per heavy atom. The van der Waals surface area contributed by atoms with Crippen molar-refractivity contribution in [3.63, 3.8) is 0 Å². The van der Waals surface area contributed by atoms with E-state index >= 15 is 0 Å². The molecule has 0 amide bonds. The van der Waals surface area contributed by atoms with Crippen molar-refractivity contribution in [1.29, 1.82) is 0 Å². The van der Waals surface area contributed by atoms with Gasteiger partial charge >= 0.3 is 5.97 Å². The van der Waals surface area contributed by atoms with Crippen molar-refractivity contribution in [1.82, 2.24) is 4.98 Å². The number of methoxy groups -OCH3 is 1. The topological polar surface area (TPSA) is 59.4 Å². The summed E-state index contributed by atoms with van der Waals surface area (Å²) < 4.78 is 5.32. The molecule has 0 spiro atoms. The molecular formula is C15H15NO3S. The van der Waals surface area contributed by atoms with Crippen molar-refractivity contribution in [3.8, 4) is 5.75 Å². The summed E-state index contributed by atoms with van der Waals surface area (Å²) in [5.74, 6) is 0.298. The summed E-state index contributed by atoms with van der Waals surface area (Å²) in [6.07, 6.45) is 2.72. The summed E-state index contributed by atoms with van der Waals surface area (Å²) in [5.41, 5.74) is 1.80. The number of rotatable bonds is 5. The Bertz CT molecular complexity index is 646. The first-order chi connectivity index (χ1) is 9.69. The lowest BCUT2D eigenvalue weighted by molar-refractivity contribution is 0.0700. The van der Waals surface area contributed by atoms with Crippen LogP contribution in [0.25, 0.3) is 0 Å². The number of hydrogen-bond donors (Lipinski definition) is 1. The molecule has 1 heterocycles. The van der Waals surface area contributed by atoms with Crippen LogP contribution in [0.3, 0.4) is 0 Å². The van der Waals surface area contributed by atoms with Crippen molar-refractivity contribution in [2.45, 2.75) is 25.2 Å². The largest absolute Gasteiger partial charge is 0.496 e. The number of para-hydroxylation sites is 1. The fraction of sp³-hybridized carbons (Fsp3) is 0.333. The fourth-order valence-electron chi connectivity index (χ4n) is 2.25. The molecule has 1 aliphatic carbocycles. The number of carbonyl (C=O) groups is 1. The van der Waals surface area contributed by atoms with E-state index in [-0.39, 0.29) is 0 Å². The zero-order valence-corrected chi connectivity index (χ0v) is 11.9. The van der Waals surface area contributed by atoms with Crippen LogP contribution in [0.15, 0.2) is 24.3 Å². The number of ether oxygens (including phenoxy) is 1. The highest BCUT2D eigenvalue weighted by Crippen LogP contribution is 2.43. The fourth-order valence-corrected chi connectivity index (χ4v) is 3.26. The Balaban J connectivity index is 1.91. The summed E-state index contributed by atoms with van der Waals surface area (Å²) in [5, 5.41) is 10.1. The normalized spacial score (nSPS) is 14.2. The van der Waals surface area contributed by atoms with Gasteiger partial charge in [0, 0.05) is 17.9 Å². The molecule has 3 rings (SSSR count). The summed E-state index contributed by atoms with van der Waals surface area (Å²) in [7, 11) is 1.64. The maximum Gasteiger partial charge on any atom is 0.347 e. The third-order valence-electron chi connectivity index (χ3n) is 3.39. The van der Waals surface area contributed by atoms with Gasteiger partial charge in [-0.3, -0.25) is 0 Å². The van der Waals surface area contributed by atoms with E-state index in [4.69, 9.17) is 4.74 Å². The van der Waals surface area contributed by atoms with Gasteiger partial charge in [-0.1, -0.05) is 18.2 Å². The Hall–Kier alpha value is -1.88. The van der Waals surface area contributed by atoms with Crippen LogP contribution in [-0.4, -0.2) is 23.2 Å². The van der Waals surface area contributed by atoms with Gasteiger partial charge in [-0.25, -0.2) is 9.78 Å². The van der Waals surface area contributed by atoms with Gasteiger partial charge in [0.2, 0.25) is 0 Å². The molecule has 0 unspecified atom stereocenters. The minimum atomic E-state index is -0.865. The van der Waals surface area contributed by atoms with Crippen LogP contribution in [0.1, 0.15) is 44.7 Å². The van der Waals surface area contributed by atoms with Gasteiger partial charge in [0.25, 0.3) is 0 Å². The maximum atomic E-state index is 11.3. The average Bonchev–Trinajstić information content (AvgIpc) is 3.20. The van der Waals surface area contributed by atoms with E-state index < -0.39 is 5.97 Å². The van der Waals surface area contributed by atoms with Crippen LogP contribution in [-0.2, 0) is 6.42 Å². The summed E-state index contributed by atoms with van der Waals surface area (Å²) in [6, 6.07) is 7.76. The Morgan fingerprint density at radius 2 is 2.20 bits per heavy atom. The molecule has 1 saturated carbocycles. The molecule has 20 heavy (non-hydrogen) atoms. The van der Waals surface area contributed by atoms with Gasteiger partial charge in [-0.2, -0.15) is 0 Å². The summed E-state index contributed by atoms with van der Waals surface area (Å²) in [6.45, 7) is 0. The van der Waals surface area contributed by atoms with Crippen LogP contribution in [0.5, 0.6) is 5.75 Å². The predicted octanol–water partition coefficient (Wildman–Crippen LogP) is 3.32. The van der Waals surface area contributed by atoms with Crippen molar-refractivity contribution in [2.75, 3.05) is 7.11 Å². The number of hydrogen-bond acceptors (Lipinski definition) is 4. The van der Waals surface area contributed by atoms with Crippen LogP contribution in [0.2, 0.25) is 0 Å². The van der Waals surface area contributed by atoms with E-state index in [0.717, 1.165) is 34.9 Å². The smallest absolute Gasteiger partial charge is 0.347 e. The average molecular weight is 289 g/mol. The molecule has 1 fully saturated rings. The first-order valence-corrected chi connectivity index (χ1v) is 7.35. The van der Waals surface area contributed by atoms with Gasteiger partial charge in [0.05, 0.1) is 17.8 Å². The third-order valence-corrected chi connectivity index (χ3v) is 4.45. The van der Waals surface area contributed by atoms with Gasteiger partial charge in [0.1, 0.15) is 10.6 Å². The molecule has 1 aromatic heterocycles. The molecule has 1 N–H and O–H groups in total. The van der Waals surface area contributed by atoms with Crippen LogP contribution < -0.4 is 4.74 Å². The molecule has 0 aliphatic heterocycles. The van der Waals surface area contributed by atoms with Crippen molar-refractivity contribution >= 4 is 17.3 Å². The quantitative estimate of drug-likeness (QED) is 0.917. The number of benzene rings is 1. The summed E-state index contributed by atoms with van der Waals surface area (Å²) in [4.78, 5) is 16.2. The zero-order chi connectivity index (χ0) is 14.1. The van der Waals surface area contributed by atoms with E-state index in [1.54, 1.807) is 7.11 Å². The molecule has 0 saturated heterocycles. The van der Waals surface area contributed by atoms with Crippen LogP contribution >= 0.6 is 11.3 Å². The molecule has 0 radical (unpaired) electrons. The first kappa shape index (κ1) is 13.1. The molecule has 2 aromatic rings. The number of aromatic carboxylic acids is 1.